The van der Waals surface area contributed by atoms with Crippen molar-refractivity contribution >= 4 is 0 Å². The maximum Gasteiger partial charge on any atom is -0.0264 e. The quantitative estimate of drug-likeness (QED) is 0.475. The fourth-order valence-electron chi connectivity index (χ4n) is 3.79. The minimum absolute atomic E-state index is 0.654. The molecule has 18 heavy (non-hydrogen) atoms. The largest absolute Gasteiger partial charge is 0.0651 e. The summed E-state index contributed by atoms with van der Waals surface area (Å²) in [5, 5.41) is 0. The summed E-state index contributed by atoms with van der Waals surface area (Å²) in [6.07, 6.45) is 8.46. The predicted octanol–water partition coefficient (Wildman–Crippen LogP) is 6.30. The average Bonchev–Trinajstić information content (AvgIpc) is 2.87. The summed E-state index contributed by atoms with van der Waals surface area (Å²) in [5.74, 6) is 2.71. The molecule has 0 aromatic heterocycles. The van der Waals surface area contributed by atoms with Crippen molar-refractivity contribution in [2.75, 3.05) is 0 Å². The van der Waals surface area contributed by atoms with Gasteiger partial charge >= 0.3 is 0 Å². The van der Waals surface area contributed by atoms with Gasteiger partial charge in [-0.05, 0) is 41.4 Å². The van der Waals surface area contributed by atoms with Crippen molar-refractivity contribution in [3.63, 3.8) is 0 Å². The van der Waals surface area contributed by atoms with Gasteiger partial charge < -0.3 is 0 Å². The molecule has 0 aromatic carbocycles. The standard InChI is InChI=1S/C18H36/c1-8-15(4)16(5)11-10-14(3)12-18(7)13-17(18,6)9-2/h14-16H,8-13H2,1-7H3. The molecule has 0 heterocycles. The second-order valence-electron chi connectivity index (χ2n) is 7.90. The average molecular weight is 252 g/mol. The minimum Gasteiger partial charge on any atom is -0.0651 e. The van der Waals surface area contributed by atoms with Gasteiger partial charge in [-0.2, -0.15) is 0 Å². The van der Waals surface area contributed by atoms with Crippen LogP contribution in [0.2, 0.25) is 0 Å². The molecule has 5 atom stereocenters. The Labute approximate surface area is 116 Å². The first-order chi connectivity index (χ1) is 8.28. The van der Waals surface area contributed by atoms with E-state index in [2.05, 4.69) is 48.5 Å². The zero-order chi connectivity index (χ0) is 14.0. The van der Waals surface area contributed by atoms with Crippen LogP contribution in [0.25, 0.3) is 0 Å². The van der Waals surface area contributed by atoms with E-state index in [0.29, 0.717) is 10.8 Å². The predicted molar refractivity (Wildman–Crippen MR) is 82.8 cm³/mol. The van der Waals surface area contributed by atoms with Gasteiger partial charge in [-0.15, -0.1) is 0 Å². The first-order valence-electron chi connectivity index (χ1n) is 8.28. The summed E-state index contributed by atoms with van der Waals surface area (Å²) in [6.45, 7) is 17.0. The van der Waals surface area contributed by atoms with Crippen LogP contribution >= 0.6 is 0 Å². The molecule has 0 saturated heterocycles. The van der Waals surface area contributed by atoms with E-state index in [1.807, 2.05) is 0 Å². The molecule has 0 aliphatic heterocycles. The summed E-state index contributed by atoms with van der Waals surface area (Å²) in [5.41, 5.74) is 1.31. The van der Waals surface area contributed by atoms with Crippen molar-refractivity contribution in [3.05, 3.63) is 0 Å². The first kappa shape index (κ1) is 16.1. The van der Waals surface area contributed by atoms with Crippen molar-refractivity contribution in [1.29, 1.82) is 0 Å². The zero-order valence-electron chi connectivity index (χ0n) is 14.0. The molecule has 1 aliphatic rings. The second-order valence-corrected chi connectivity index (χ2v) is 7.90. The summed E-state index contributed by atoms with van der Waals surface area (Å²) in [4.78, 5) is 0. The Hall–Kier alpha value is 0. The Morgan fingerprint density at radius 1 is 0.889 bits per heavy atom. The first-order valence-corrected chi connectivity index (χ1v) is 8.28. The molecular formula is C18H36. The molecule has 0 nitrogen and oxygen atoms in total. The molecule has 0 bridgehead atoms. The Balaban J connectivity index is 2.29. The van der Waals surface area contributed by atoms with E-state index in [4.69, 9.17) is 0 Å². The molecule has 1 aliphatic carbocycles. The van der Waals surface area contributed by atoms with Gasteiger partial charge in [-0.3, -0.25) is 0 Å². The smallest absolute Gasteiger partial charge is 0.0264 e. The fourth-order valence-corrected chi connectivity index (χ4v) is 3.79. The van der Waals surface area contributed by atoms with E-state index in [1.165, 1.54) is 38.5 Å². The van der Waals surface area contributed by atoms with Crippen LogP contribution in [0.3, 0.4) is 0 Å². The summed E-state index contributed by atoms with van der Waals surface area (Å²) >= 11 is 0. The number of hydrogen-bond acceptors (Lipinski definition) is 0. The molecule has 1 fully saturated rings. The molecule has 1 saturated carbocycles. The van der Waals surface area contributed by atoms with Gasteiger partial charge in [-0.1, -0.05) is 74.1 Å². The van der Waals surface area contributed by atoms with Gasteiger partial charge in [0.2, 0.25) is 0 Å². The minimum atomic E-state index is 0.654. The Kier molecular flexibility index (Phi) is 5.32. The summed E-state index contributed by atoms with van der Waals surface area (Å²) < 4.78 is 0. The van der Waals surface area contributed by atoms with Gasteiger partial charge in [0.1, 0.15) is 0 Å². The lowest BCUT2D eigenvalue weighted by Crippen LogP contribution is -2.13. The van der Waals surface area contributed by atoms with Gasteiger partial charge in [0, 0.05) is 0 Å². The van der Waals surface area contributed by atoms with Crippen LogP contribution in [0.1, 0.15) is 87.0 Å². The van der Waals surface area contributed by atoms with E-state index in [9.17, 15) is 0 Å². The van der Waals surface area contributed by atoms with Gasteiger partial charge in [0.15, 0.2) is 0 Å². The maximum absolute atomic E-state index is 2.52. The third-order valence-electron chi connectivity index (χ3n) is 6.42. The number of hydrogen-bond donors (Lipinski definition) is 0. The van der Waals surface area contributed by atoms with E-state index >= 15 is 0 Å². The van der Waals surface area contributed by atoms with Crippen LogP contribution in [0, 0.1) is 28.6 Å². The Morgan fingerprint density at radius 2 is 1.50 bits per heavy atom. The highest BCUT2D eigenvalue weighted by atomic mass is 14.6. The van der Waals surface area contributed by atoms with Crippen LogP contribution in [0.5, 0.6) is 0 Å². The van der Waals surface area contributed by atoms with E-state index < -0.39 is 0 Å². The lowest BCUT2D eigenvalue weighted by molar-refractivity contribution is 0.268. The van der Waals surface area contributed by atoms with E-state index in [1.54, 1.807) is 0 Å². The molecule has 0 heteroatoms. The molecule has 0 spiro atoms. The van der Waals surface area contributed by atoms with Crippen LogP contribution in [0.15, 0.2) is 0 Å². The van der Waals surface area contributed by atoms with Gasteiger partial charge in [0.05, 0.1) is 0 Å². The fraction of sp³-hybridized carbons (Fsp3) is 1.00. The van der Waals surface area contributed by atoms with Crippen molar-refractivity contribution in [3.8, 4) is 0 Å². The topological polar surface area (TPSA) is 0 Å². The molecule has 0 radical (unpaired) electrons. The third kappa shape index (κ3) is 3.52. The van der Waals surface area contributed by atoms with Crippen LogP contribution < -0.4 is 0 Å². The lowest BCUT2D eigenvalue weighted by atomic mass is 9.81. The van der Waals surface area contributed by atoms with Crippen molar-refractivity contribution < 1.29 is 0 Å². The highest BCUT2D eigenvalue weighted by molar-refractivity contribution is 5.08. The molecule has 1 rings (SSSR count). The summed E-state index contributed by atoms with van der Waals surface area (Å²) in [7, 11) is 0. The van der Waals surface area contributed by atoms with Gasteiger partial charge in [0.25, 0.3) is 0 Å². The molecule has 5 unspecified atom stereocenters. The van der Waals surface area contributed by atoms with Crippen molar-refractivity contribution in [1.82, 2.24) is 0 Å². The third-order valence-corrected chi connectivity index (χ3v) is 6.42. The van der Waals surface area contributed by atoms with Crippen molar-refractivity contribution in [2.24, 2.45) is 28.6 Å². The van der Waals surface area contributed by atoms with Crippen LogP contribution in [-0.2, 0) is 0 Å². The normalized spacial score (nSPS) is 36.2. The molecule has 0 N–H and O–H groups in total. The monoisotopic (exact) mass is 252 g/mol. The van der Waals surface area contributed by atoms with Gasteiger partial charge in [-0.25, -0.2) is 0 Å². The lowest BCUT2D eigenvalue weighted by Gasteiger charge is -2.24. The summed E-state index contributed by atoms with van der Waals surface area (Å²) in [6, 6.07) is 0. The van der Waals surface area contributed by atoms with E-state index in [-0.39, 0.29) is 0 Å². The highest BCUT2D eigenvalue weighted by Crippen LogP contribution is 2.68. The SMILES string of the molecule is CCC(C)C(C)CCC(C)CC1(C)CC1(C)CC. The highest BCUT2D eigenvalue weighted by Gasteiger charge is 2.58. The molecule has 0 amide bonds. The number of rotatable bonds is 8. The Bertz CT molecular complexity index is 257. The second kappa shape index (κ2) is 5.97. The van der Waals surface area contributed by atoms with E-state index in [0.717, 1.165) is 17.8 Å². The molecular weight excluding hydrogens is 216 g/mol. The zero-order valence-corrected chi connectivity index (χ0v) is 14.0. The molecule has 0 aromatic rings. The van der Waals surface area contributed by atoms with Crippen LogP contribution in [-0.4, -0.2) is 0 Å². The molecule has 108 valence electrons. The van der Waals surface area contributed by atoms with Crippen LogP contribution in [0.4, 0.5) is 0 Å². The maximum atomic E-state index is 2.52. The van der Waals surface area contributed by atoms with Crippen molar-refractivity contribution in [2.45, 2.75) is 87.0 Å². The Morgan fingerprint density at radius 3 is 1.94 bits per heavy atom.